The summed E-state index contributed by atoms with van der Waals surface area (Å²) in [5.41, 5.74) is 5.16. The van der Waals surface area contributed by atoms with Crippen molar-refractivity contribution in [3.8, 4) is 11.1 Å². The molecule has 4 aromatic rings. The van der Waals surface area contributed by atoms with Crippen LogP contribution >= 0.6 is 0 Å². The van der Waals surface area contributed by atoms with Gasteiger partial charge in [-0.3, -0.25) is 10.4 Å². The number of nitrogens with one attached hydrogen (secondary N) is 2. The highest BCUT2D eigenvalue weighted by atomic mass is 14.9. The van der Waals surface area contributed by atoms with Crippen LogP contribution in [0.2, 0.25) is 0 Å². The van der Waals surface area contributed by atoms with Gasteiger partial charge in [-0.05, 0) is 40.7 Å². The van der Waals surface area contributed by atoms with Gasteiger partial charge in [0.05, 0.1) is 11.4 Å². The third-order valence-corrected chi connectivity index (χ3v) is 5.21. The number of aliphatic imine (C=N–C) groups is 1. The molecule has 4 rings (SSSR count). The molecule has 0 spiro atoms. The summed E-state index contributed by atoms with van der Waals surface area (Å²) in [7, 11) is 0. The molecule has 4 aromatic carbocycles. The molecular formula is C28H23N3. The number of hydrogen-bond acceptors (Lipinski definition) is 3. The zero-order valence-corrected chi connectivity index (χ0v) is 17.2. The Morgan fingerprint density at radius 1 is 0.774 bits per heavy atom. The number of nitrogens with zero attached hydrogens (tertiary/aromatic N) is 1. The largest absolute Gasteiger partial charge is 0.360 e. The maximum absolute atomic E-state index is 8.89. The predicted molar refractivity (Wildman–Crippen MR) is 133 cm³/mol. The molecule has 3 heteroatoms. The van der Waals surface area contributed by atoms with Crippen molar-refractivity contribution >= 4 is 28.9 Å². The Hall–Kier alpha value is -4.24. The molecular weight excluding hydrogens is 378 g/mol. The minimum absolute atomic E-state index is 0.317. The number of hydrogen-bond donors (Lipinski definition) is 2. The van der Waals surface area contributed by atoms with Crippen LogP contribution in [0.1, 0.15) is 5.56 Å². The molecule has 0 fully saturated rings. The molecule has 0 saturated carbocycles. The maximum atomic E-state index is 8.89. The Morgan fingerprint density at radius 3 is 2.23 bits per heavy atom. The standard InChI is InChI=1S/C28H23N3/c1-20(27(30-2)19-31-22-13-4-3-5-14-22)28(29)26-17-9-8-16-25(26)24-18-10-12-21-11-6-7-15-23(21)24/h3-19,29,31H,1-2H2/b27-19+,29-28?. The Labute approximate surface area is 182 Å². The summed E-state index contributed by atoms with van der Waals surface area (Å²) in [4.78, 5) is 4.11. The average Bonchev–Trinajstić information content (AvgIpc) is 2.84. The molecule has 2 N–H and O–H groups in total. The normalized spacial score (nSPS) is 11.2. The van der Waals surface area contributed by atoms with E-state index < -0.39 is 0 Å². The fourth-order valence-corrected chi connectivity index (χ4v) is 3.60. The topological polar surface area (TPSA) is 48.2 Å². The van der Waals surface area contributed by atoms with Crippen molar-refractivity contribution in [2.45, 2.75) is 0 Å². The number of fused-ring (bicyclic) bond motifs is 1. The van der Waals surface area contributed by atoms with E-state index in [4.69, 9.17) is 5.41 Å². The van der Waals surface area contributed by atoms with Gasteiger partial charge < -0.3 is 5.32 Å². The summed E-state index contributed by atoms with van der Waals surface area (Å²) in [6.45, 7) is 7.82. The fraction of sp³-hybridized carbons (Fsp3) is 0. The average molecular weight is 402 g/mol. The van der Waals surface area contributed by atoms with Gasteiger partial charge in [-0.1, -0.05) is 91.5 Å². The summed E-state index contributed by atoms with van der Waals surface area (Å²) >= 11 is 0. The molecule has 3 nitrogen and oxygen atoms in total. The molecule has 0 amide bonds. The van der Waals surface area contributed by atoms with Crippen molar-refractivity contribution in [2.75, 3.05) is 5.32 Å². The third kappa shape index (κ3) is 4.21. The van der Waals surface area contributed by atoms with Crippen LogP contribution < -0.4 is 5.32 Å². The first-order valence-corrected chi connectivity index (χ1v) is 10.0. The van der Waals surface area contributed by atoms with Gasteiger partial charge in [-0.15, -0.1) is 0 Å². The van der Waals surface area contributed by atoms with E-state index in [-0.39, 0.29) is 0 Å². The van der Waals surface area contributed by atoms with E-state index >= 15 is 0 Å². The van der Waals surface area contributed by atoms with Crippen LogP contribution in [0, 0.1) is 5.41 Å². The third-order valence-electron chi connectivity index (χ3n) is 5.21. The number of para-hydroxylation sites is 1. The van der Waals surface area contributed by atoms with E-state index in [0.717, 1.165) is 27.8 Å². The molecule has 0 aliphatic rings. The summed E-state index contributed by atoms with van der Waals surface area (Å²) in [6, 6.07) is 32.3. The van der Waals surface area contributed by atoms with Crippen molar-refractivity contribution in [3.05, 3.63) is 127 Å². The smallest absolute Gasteiger partial charge is 0.0870 e. The first kappa shape index (κ1) is 20.0. The van der Waals surface area contributed by atoms with Crippen molar-refractivity contribution in [1.82, 2.24) is 0 Å². The molecule has 0 bridgehead atoms. The van der Waals surface area contributed by atoms with Crippen LogP contribution in [0.5, 0.6) is 0 Å². The van der Waals surface area contributed by atoms with Gasteiger partial charge >= 0.3 is 0 Å². The SMILES string of the molecule is C=N/C(=C/Nc1ccccc1)C(=C)C(=N)c1ccccc1-c1cccc2ccccc12. The second kappa shape index (κ2) is 9.06. The summed E-state index contributed by atoms with van der Waals surface area (Å²) in [5, 5.41) is 14.4. The zero-order valence-electron chi connectivity index (χ0n) is 17.2. The van der Waals surface area contributed by atoms with Gasteiger partial charge in [0.15, 0.2) is 0 Å². The lowest BCUT2D eigenvalue weighted by atomic mass is 9.90. The lowest BCUT2D eigenvalue weighted by Crippen LogP contribution is -2.07. The number of benzene rings is 4. The van der Waals surface area contributed by atoms with Crippen LogP contribution in [0.3, 0.4) is 0 Å². The van der Waals surface area contributed by atoms with E-state index in [1.807, 2.05) is 72.8 Å². The Balaban J connectivity index is 1.71. The van der Waals surface area contributed by atoms with Crippen LogP contribution in [0.4, 0.5) is 5.69 Å². The zero-order chi connectivity index (χ0) is 21.6. The highest BCUT2D eigenvalue weighted by molar-refractivity contribution is 6.17. The van der Waals surface area contributed by atoms with E-state index in [1.54, 1.807) is 6.20 Å². The van der Waals surface area contributed by atoms with E-state index in [1.165, 1.54) is 5.39 Å². The molecule has 0 heterocycles. The summed E-state index contributed by atoms with van der Waals surface area (Å²) in [6.07, 6.45) is 1.74. The summed E-state index contributed by atoms with van der Waals surface area (Å²) in [5.74, 6) is 0. The molecule has 0 radical (unpaired) electrons. The highest BCUT2D eigenvalue weighted by Gasteiger charge is 2.16. The van der Waals surface area contributed by atoms with Gasteiger partial charge in [0.2, 0.25) is 0 Å². The minimum Gasteiger partial charge on any atom is -0.360 e. The number of anilines is 1. The van der Waals surface area contributed by atoms with Crippen molar-refractivity contribution < 1.29 is 0 Å². The van der Waals surface area contributed by atoms with E-state index in [0.29, 0.717) is 17.0 Å². The molecule has 0 aromatic heterocycles. The summed E-state index contributed by atoms with van der Waals surface area (Å²) < 4.78 is 0. The molecule has 0 unspecified atom stereocenters. The van der Waals surface area contributed by atoms with Gasteiger partial charge in [0.1, 0.15) is 0 Å². The van der Waals surface area contributed by atoms with Crippen molar-refractivity contribution in [3.63, 3.8) is 0 Å². The first-order chi connectivity index (χ1) is 15.2. The second-order valence-electron chi connectivity index (χ2n) is 7.12. The lowest BCUT2D eigenvalue weighted by Gasteiger charge is -2.15. The molecule has 150 valence electrons. The minimum atomic E-state index is 0.317. The first-order valence-electron chi connectivity index (χ1n) is 10.0. The van der Waals surface area contributed by atoms with Crippen molar-refractivity contribution in [2.24, 2.45) is 4.99 Å². The molecule has 0 atom stereocenters. The van der Waals surface area contributed by atoms with Crippen LogP contribution in [-0.4, -0.2) is 12.4 Å². The Bertz CT molecular complexity index is 1290. The Kier molecular flexibility index (Phi) is 5.86. The fourth-order valence-electron chi connectivity index (χ4n) is 3.60. The van der Waals surface area contributed by atoms with Gasteiger partial charge in [0.25, 0.3) is 0 Å². The van der Waals surface area contributed by atoms with Crippen molar-refractivity contribution in [1.29, 1.82) is 5.41 Å². The number of rotatable bonds is 7. The maximum Gasteiger partial charge on any atom is 0.0870 e. The van der Waals surface area contributed by atoms with Crippen LogP contribution in [-0.2, 0) is 0 Å². The molecule has 0 aliphatic heterocycles. The lowest BCUT2D eigenvalue weighted by molar-refractivity contribution is 1.34. The number of allylic oxidation sites excluding steroid dienone is 1. The van der Waals surface area contributed by atoms with Crippen LogP contribution in [0.25, 0.3) is 21.9 Å². The highest BCUT2D eigenvalue weighted by Crippen LogP contribution is 2.32. The molecule has 31 heavy (non-hydrogen) atoms. The van der Waals surface area contributed by atoms with Crippen LogP contribution in [0.15, 0.2) is 126 Å². The van der Waals surface area contributed by atoms with Gasteiger partial charge in [-0.2, -0.15) is 0 Å². The quantitative estimate of drug-likeness (QED) is 0.252. The second-order valence-corrected chi connectivity index (χ2v) is 7.12. The monoisotopic (exact) mass is 401 g/mol. The van der Waals surface area contributed by atoms with Gasteiger partial charge in [-0.25, -0.2) is 0 Å². The predicted octanol–water partition coefficient (Wildman–Crippen LogP) is 7.08. The molecule has 0 aliphatic carbocycles. The van der Waals surface area contributed by atoms with Gasteiger partial charge in [0, 0.05) is 23.0 Å². The molecule has 0 saturated heterocycles. The van der Waals surface area contributed by atoms with E-state index in [9.17, 15) is 0 Å². The Morgan fingerprint density at radius 2 is 1.42 bits per heavy atom. The van der Waals surface area contributed by atoms with E-state index in [2.05, 4.69) is 47.9 Å².